The number of nitrogens with one attached hydrogen (secondary N) is 2. The Hall–Kier alpha value is -2.65. The number of hydrogen-bond acceptors (Lipinski definition) is 6. The molecule has 180 valence electrons. The highest BCUT2D eigenvalue weighted by Gasteiger charge is 2.33. The number of sulfone groups is 1. The monoisotopic (exact) mass is 500 g/mol. The summed E-state index contributed by atoms with van der Waals surface area (Å²) in [6.45, 7) is 6.00. The van der Waals surface area contributed by atoms with E-state index < -0.39 is 21.8 Å². The number of carbonyl (C=O) groups excluding carboxylic acids is 2. The van der Waals surface area contributed by atoms with Crippen LogP contribution in [0.15, 0.2) is 22.6 Å². The Morgan fingerprint density at radius 1 is 1.15 bits per heavy atom. The van der Waals surface area contributed by atoms with Gasteiger partial charge in [-0.25, -0.2) is 8.42 Å². The van der Waals surface area contributed by atoms with E-state index in [-0.39, 0.29) is 23.2 Å². The third kappa shape index (κ3) is 4.27. The van der Waals surface area contributed by atoms with Gasteiger partial charge in [-0.05, 0) is 62.6 Å². The Balaban J connectivity index is 1.47. The predicted octanol–water partition coefficient (Wildman–Crippen LogP) is 4.41. The number of amides is 2. The summed E-state index contributed by atoms with van der Waals surface area (Å²) in [6, 6.07) is 5.42. The fourth-order valence-corrected chi connectivity index (χ4v) is 8.03. The summed E-state index contributed by atoms with van der Waals surface area (Å²) in [5, 5.41) is 7.23. The summed E-state index contributed by atoms with van der Waals surface area (Å²) >= 11 is 1.44. The van der Waals surface area contributed by atoms with Gasteiger partial charge in [-0.2, -0.15) is 0 Å². The maximum Gasteiger partial charge on any atom is 0.292 e. The zero-order valence-corrected chi connectivity index (χ0v) is 21.1. The third-order valence-corrected chi connectivity index (χ3v) is 9.77. The van der Waals surface area contributed by atoms with Crippen molar-refractivity contribution in [2.45, 2.75) is 52.5 Å². The zero-order chi connectivity index (χ0) is 24.2. The second-order valence-corrected chi connectivity index (χ2v) is 13.0. The molecule has 5 rings (SSSR count). The number of carbonyl (C=O) groups is 2. The van der Waals surface area contributed by atoms with Crippen LogP contribution in [-0.4, -0.2) is 37.8 Å². The maximum absolute atomic E-state index is 13.3. The lowest BCUT2D eigenvalue weighted by Crippen LogP contribution is -2.36. The molecule has 3 heterocycles. The zero-order valence-electron chi connectivity index (χ0n) is 19.5. The van der Waals surface area contributed by atoms with Crippen LogP contribution in [0.4, 0.5) is 5.00 Å². The Morgan fingerprint density at radius 3 is 2.68 bits per heavy atom. The summed E-state index contributed by atoms with van der Waals surface area (Å²) in [4.78, 5) is 27.7. The molecule has 1 aliphatic heterocycles. The second kappa shape index (κ2) is 8.53. The molecule has 34 heavy (non-hydrogen) atoms. The minimum atomic E-state index is -3.11. The summed E-state index contributed by atoms with van der Waals surface area (Å²) in [5.74, 6) is 0.0735. The lowest BCUT2D eigenvalue weighted by Gasteiger charge is -2.19. The molecule has 2 N–H and O–H groups in total. The smallest absolute Gasteiger partial charge is 0.292 e. The van der Waals surface area contributed by atoms with Crippen LogP contribution in [0.2, 0.25) is 0 Å². The van der Waals surface area contributed by atoms with Gasteiger partial charge in [0.1, 0.15) is 10.6 Å². The van der Waals surface area contributed by atoms with Crippen LogP contribution >= 0.6 is 11.3 Å². The Bertz CT molecular complexity index is 1420. The minimum absolute atomic E-state index is 0.0403. The van der Waals surface area contributed by atoms with Crippen molar-refractivity contribution in [2.24, 2.45) is 5.92 Å². The van der Waals surface area contributed by atoms with Gasteiger partial charge in [0.2, 0.25) is 0 Å². The highest BCUT2D eigenvalue weighted by Crippen LogP contribution is 2.40. The molecule has 2 aliphatic rings. The minimum Gasteiger partial charge on any atom is -0.451 e. The molecule has 0 bridgehead atoms. The highest BCUT2D eigenvalue weighted by atomic mass is 32.2. The summed E-state index contributed by atoms with van der Waals surface area (Å²) in [7, 11) is -3.11. The van der Waals surface area contributed by atoms with Crippen molar-refractivity contribution in [3.8, 4) is 0 Å². The van der Waals surface area contributed by atoms with Crippen molar-refractivity contribution >= 4 is 49.0 Å². The van der Waals surface area contributed by atoms with Crippen LogP contribution < -0.4 is 10.6 Å². The van der Waals surface area contributed by atoms with Gasteiger partial charge in [-0.15, -0.1) is 11.3 Å². The largest absolute Gasteiger partial charge is 0.451 e. The van der Waals surface area contributed by atoms with Crippen molar-refractivity contribution in [3.05, 3.63) is 51.1 Å². The fraction of sp³-hybridized carbons (Fsp3) is 0.440. The van der Waals surface area contributed by atoms with Crippen LogP contribution in [0.3, 0.4) is 0 Å². The molecule has 0 saturated carbocycles. The number of aryl methyl sites for hydroxylation is 2. The molecular formula is C25H28N2O5S2. The maximum atomic E-state index is 13.3. The highest BCUT2D eigenvalue weighted by molar-refractivity contribution is 7.91. The molecule has 1 saturated heterocycles. The van der Waals surface area contributed by atoms with E-state index in [4.69, 9.17) is 4.42 Å². The lowest BCUT2D eigenvalue weighted by atomic mass is 9.88. The van der Waals surface area contributed by atoms with Gasteiger partial charge >= 0.3 is 0 Å². The molecule has 1 aromatic carbocycles. The van der Waals surface area contributed by atoms with Crippen molar-refractivity contribution < 1.29 is 22.4 Å². The van der Waals surface area contributed by atoms with Gasteiger partial charge in [0.05, 0.1) is 17.1 Å². The molecule has 0 radical (unpaired) electrons. The molecule has 2 amide bonds. The van der Waals surface area contributed by atoms with E-state index in [0.29, 0.717) is 28.5 Å². The molecule has 1 aliphatic carbocycles. The first-order valence-corrected chi connectivity index (χ1v) is 14.2. The number of anilines is 1. The number of fused-ring (bicyclic) bond motifs is 2. The SMILES string of the molecule is Cc1ccc2c(C)c(C(=O)Nc3sc4c(c3C(=O)N[C@H]3CCS(=O)(=O)C3)CC[C@H](C)C4)oc2c1. The van der Waals surface area contributed by atoms with Gasteiger partial charge in [0.25, 0.3) is 11.8 Å². The summed E-state index contributed by atoms with van der Waals surface area (Å²) < 4.78 is 29.6. The van der Waals surface area contributed by atoms with E-state index in [9.17, 15) is 18.0 Å². The number of benzene rings is 1. The first-order chi connectivity index (χ1) is 16.1. The summed E-state index contributed by atoms with van der Waals surface area (Å²) in [6.07, 6.45) is 3.00. The van der Waals surface area contributed by atoms with Crippen molar-refractivity contribution in [3.63, 3.8) is 0 Å². The molecular weight excluding hydrogens is 472 g/mol. The van der Waals surface area contributed by atoms with Crippen molar-refractivity contribution in [1.29, 1.82) is 0 Å². The molecule has 7 nitrogen and oxygen atoms in total. The quantitative estimate of drug-likeness (QED) is 0.552. The molecule has 3 aromatic rings. The van der Waals surface area contributed by atoms with Gasteiger partial charge < -0.3 is 15.1 Å². The average Bonchev–Trinajstić information content (AvgIpc) is 3.39. The molecule has 0 unspecified atom stereocenters. The topological polar surface area (TPSA) is 105 Å². The van der Waals surface area contributed by atoms with Gasteiger partial charge in [0, 0.05) is 21.9 Å². The van der Waals surface area contributed by atoms with E-state index >= 15 is 0 Å². The standard InChI is InChI=1S/C25H28N2O5S2/c1-13-4-6-17-15(3)22(32-19(17)10-13)24(29)27-25-21(18-7-5-14(2)11-20(18)33-25)23(28)26-16-8-9-34(30,31)12-16/h4,6,10,14,16H,5,7-9,11-12H2,1-3H3,(H,26,28)(H,27,29)/t14-,16-/m0/s1. The van der Waals surface area contributed by atoms with Gasteiger partial charge in [-0.1, -0.05) is 19.1 Å². The van der Waals surface area contributed by atoms with E-state index in [0.717, 1.165) is 46.2 Å². The van der Waals surface area contributed by atoms with Crippen LogP contribution in [0.1, 0.15) is 62.2 Å². The normalized spacial score (nSPS) is 21.4. The van der Waals surface area contributed by atoms with E-state index in [1.807, 2.05) is 32.0 Å². The number of furan rings is 1. The third-order valence-electron chi connectivity index (χ3n) is 6.83. The van der Waals surface area contributed by atoms with Crippen molar-refractivity contribution in [2.75, 3.05) is 16.8 Å². The molecule has 2 atom stereocenters. The number of rotatable bonds is 4. The fourth-order valence-electron chi connectivity index (χ4n) is 4.95. The van der Waals surface area contributed by atoms with Crippen LogP contribution in [0.25, 0.3) is 11.0 Å². The first-order valence-electron chi connectivity index (χ1n) is 11.6. The van der Waals surface area contributed by atoms with Crippen LogP contribution in [0, 0.1) is 19.8 Å². The average molecular weight is 501 g/mol. The lowest BCUT2D eigenvalue weighted by molar-refractivity contribution is 0.0941. The van der Waals surface area contributed by atoms with Crippen molar-refractivity contribution in [1.82, 2.24) is 5.32 Å². The van der Waals surface area contributed by atoms with Gasteiger partial charge in [0.15, 0.2) is 15.6 Å². The second-order valence-electron chi connectivity index (χ2n) is 9.64. The summed E-state index contributed by atoms with van der Waals surface area (Å²) in [5.41, 5.74) is 3.89. The molecule has 2 aromatic heterocycles. The van der Waals surface area contributed by atoms with Gasteiger partial charge in [-0.3, -0.25) is 9.59 Å². The van der Waals surface area contributed by atoms with Crippen LogP contribution in [0.5, 0.6) is 0 Å². The number of thiophene rings is 1. The first kappa shape index (κ1) is 23.1. The van der Waals surface area contributed by atoms with E-state index in [1.54, 1.807) is 0 Å². The molecule has 9 heteroatoms. The molecule has 0 spiro atoms. The molecule has 1 fully saturated rings. The Morgan fingerprint density at radius 2 is 1.94 bits per heavy atom. The predicted molar refractivity (Wildman–Crippen MR) is 134 cm³/mol. The van der Waals surface area contributed by atoms with E-state index in [1.165, 1.54) is 11.3 Å². The Kier molecular flexibility index (Phi) is 5.80. The van der Waals surface area contributed by atoms with Crippen LogP contribution in [-0.2, 0) is 22.7 Å². The Labute approximate surface area is 202 Å². The van der Waals surface area contributed by atoms with E-state index in [2.05, 4.69) is 17.6 Å². The number of hydrogen-bond donors (Lipinski definition) is 2.